The quantitative estimate of drug-likeness (QED) is 0.667. The van der Waals surface area contributed by atoms with Gasteiger partial charge in [0.1, 0.15) is 0 Å². The minimum absolute atomic E-state index is 0.513. The van der Waals surface area contributed by atoms with Crippen LogP contribution in [0, 0.1) is 0 Å². The fraction of sp³-hybridized carbons (Fsp3) is 0.389. The molecule has 1 saturated carbocycles. The first-order valence-corrected chi connectivity index (χ1v) is 7.85. The van der Waals surface area contributed by atoms with Crippen LogP contribution < -0.4 is 11.1 Å². The lowest BCUT2D eigenvalue weighted by Crippen LogP contribution is -2.41. The predicted octanol–water partition coefficient (Wildman–Crippen LogP) is 3.58. The van der Waals surface area contributed by atoms with Crippen LogP contribution in [0.2, 0.25) is 0 Å². The second-order valence-corrected chi connectivity index (χ2v) is 5.86. The Morgan fingerprint density at radius 1 is 1.05 bits per heavy atom. The first-order valence-electron chi connectivity index (χ1n) is 7.85. The highest BCUT2D eigenvalue weighted by atomic mass is 15.1. The van der Waals surface area contributed by atoms with E-state index >= 15 is 0 Å². The summed E-state index contributed by atoms with van der Waals surface area (Å²) in [5, 5.41) is 5.87. The molecule has 0 radical (unpaired) electrons. The van der Waals surface area contributed by atoms with Crippen molar-refractivity contribution in [2.24, 2.45) is 10.7 Å². The van der Waals surface area contributed by atoms with E-state index in [0.717, 1.165) is 0 Å². The van der Waals surface area contributed by atoms with Gasteiger partial charge in [0.15, 0.2) is 5.96 Å². The van der Waals surface area contributed by atoms with Gasteiger partial charge in [0.25, 0.3) is 0 Å². The molecule has 0 atom stereocenters. The van der Waals surface area contributed by atoms with Crippen molar-refractivity contribution in [2.45, 2.75) is 44.7 Å². The van der Waals surface area contributed by atoms with E-state index in [1.165, 1.54) is 48.4 Å². The van der Waals surface area contributed by atoms with Crippen LogP contribution in [0.25, 0.3) is 10.8 Å². The molecule has 0 saturated heterocycles. The first kappa shape index (κ1) is 13.9. The van der Waals surface area contributed by atoms with Gasteiger partial charge in [-0.15, -0.1) is 0 Å². The summed E-state index contributed by atoms with van der Waals surface area (Å²) in [6, 6.07) is 15.4. The van der Waals surface area contributed by atoms with Gasteiger partial charge in [0.2, 0.25) is 0 Å². The Balaban J connectivity index is 1.62. The van der Waals surface area contributed by atoms with Crippen molar-refractivity contribution in [1.82, 2.24) is 5.32 Å². The fourth-order valence-corrected chi connectivity index (χ4v) is 3.02. The van der Waals surface area contributed by atoms with E-state index < -0.39 is 0 Å². The average molecular weight is 281 g/mol. The third kappa shape index (κ3) is 3.75. The number of nitrogens with zero attached hydrogens (tertiary/aromatic N) is 1. The van der Waals surface area contributed by atoms with Gasteiger partial charge in [-0.3, -0.25) is 0 Å². The Morgan fingerprint density at radius 2 is 1.81 bits per heavy atom. The summed E-state index contributed by atoms with van der Waals surface area (Å²) in [6.07, 6.45) is 6.38. The zero-order chi connectivity index (χ0) is 14.5. The van der Waals surface area contributed by atoms with Crippen LogP contribution in [0.3, 0.4) is 0 Å². The van der Waals surface area contributed by atoms with Crippen molar-refractivity contribution in [3.05, 3.63) is 48.0 Å². The van der Waals surface area contributed by atoms with Gasteiger partial charge < -0.3 is 11.1 Å². The SMILES string of the molecule is NC(=NCc1ccc2ccccc2c1)NC1CCCCC1. The fourth-order valence-electron chi connectivity index (χ4n) is 3.02. The molecule has 2 aromatic rings. The van der Waals surface area contributed by atoms with Crippen molar-refractivity contribution in [1.29, 1.82) is 0 Å². The van der Waals surface area contributed by atoms with Gasteiger partial charge in [-0.1, -0.05) is 55.7 Å². The van der Waals surface area contributed by atoms with E-state index in [1.807, 2.05) is 0 Å². The van der Waals surface area contributed by atoms with Gasteiger partial charge in [-0.05, 0) is 35.2 Å². The molecule has 0 heterocycles. The van der Waals surface area contributed by atoms with Crippen LogP contribution in [-0.2, 0) is 6.54 Å². The van der Waals surface area contributed by atoms with Crippen LogP contribution in [0.5, 0.6) is 0 Å². The number of benzene rings is 2. The minimum atomic E-state index is 0.513. The van der Waals surface area contributed by atoms with Gasteiger partial charge in [-0.2, -0.15) is 0 Å². The highest BCUT2D eigenvalue weighted by Gasteiger charge is 2.13. The van der Waals surface area contributed by atoms with Crippen molar-refractivity contribution >= 4 is 16.7 Å². The zero-order valence-electron chi connectivity index (χ0n) is 12.4. The molecule has 2 aromatic carbocycles. The molecular formula is C18H23N3. The van der Waals surface area contributed by atoms with Gasteiger partial charge in [-0.25, -0.2) is 4.99 Å². The molecule has 3 rings (SSSR count). The summed E-state index contributed by atoms with van der Waals surface area (Å²) in [7, 11) is 0. The molecule has 1 fully saturated rings. The van der Waals surface area contributed by atoms with Crippen LogP contribution in [0.1, 0.15) is 37.7 Å². The maximum absolute atomic E-state index is 6.00. The Morgan fingerprint density at radius 3 is 2.62 bits per heavy atom. The van der Waals surface area contributed by atoms with Crippen LogP contribution in [0.4, 0.5) is 0 Å². The largest absolute Gasteiger partial charge is 0.370 e. The van der Waals surface area contributed by atoms with E-state index in [0.29, 0.717) is 18.5 Å². The summed E-state index contributed by atoms with van der Waals surface area (Å²) in [6.45, 7) is 0.635. The van der Waals surface area contributed by atoms with E-state index in [9.17, 15) is 0 Å². The molecule has 1 aliphatic rings. The number of fused-ring (bicyclic) bond motifs is 1. The van der Waals surface area contributed by atoms with Crippen molar-refractivity contribution in [3.63, 3.8) is 0 Å². The van der Waals surface area contributed by atoms with E-state index in [-0.39, 0.29) is 0 Å². The van der Waals surface area contributed by atoms with Crippen molar-refractivity contribution < 1.29 is 0 Å². The standard InChI is InChI=1S/C18H23N3/c19-18(21-17-8-2-1-3-9-17)20-13-14-10-11-15-6-4-5-7-16(15)12-14/h4-7,10-12,17H,1-3,8-9,13H2,(H3,19,20,21). The molecular weight excluding hydrogens is 258 g/mol. The molecule has 0 aliphatic heterocycles. The Labute approximate surface area is 126 Å². The highest BCUT2D eigenvalue weighted by Crippen LogP contribution is 2.18. The van der Waals surface area contributed by atoms with Gasteiger partial charge in [0.05, 0.1) is 6.54 Å². The number of nitrogens with two attached hydrogens (primary N) is 1. The zero-order valence-corrected chi connectivity index (χ0v) is 12.4. The summed E-state index contributed by atoms with van der Waals surface area (Å²) in [5.41, 5.74) is 7.20. The Bertz CT molecular complexity index is 627. The molecule has 0 amide bonds. The second-order valence-electron chi connectivity index (χ2n) is 5.86. The summed E-state index contributed by atoms with van der Waals surface area (Å²) < 4.78 is 0. The van der Waals surface area contributed by atoms with Crippen LogP contribution in [0.15, 0.2) is 47.5 Å². The van der Waals surface area contributed by atoms with E-state index in [4.69, 9.17) is 5.73 Å². The number of aliphatic imine (C=N–C) groups is 1. The maximum atomic E-state index is 6.00. The molecule has 21 heavy (non-hydrogen) atoms. The summed E-state index contributed by atoms with van der Waals surface area (Å²) in [5.74, 6) is 0.579. The molecule has 3 nitrogen and oxygen atoms in total. The Hall–Kier alpha value is -2.03. The van der Waals surface area contributed by atoms with Gasteiger partial charge in [0, 0.05) is 6.04 Å². The van der Waals surface area contributed by atoms with E-state index in [1.54, 1.807) is 0 Å². The van der Waals surface area contributed by atoms with Crippen LogP contribution in [-0.4, -0.2) is 12.0 Å². The molecule has 110 valence electrons. The van der Waals surface area contributed by atoms with Crippen LogP contribution >= 0.6 is 0 Å². The number of guanidine groups is 1. The minimum Gasteiger partial charge on any atom is -0.370 e. The lowest BCUT2D eigenvalue weighted by atomic mass is 9.96. The lowest BCUT2D eigenvalue weighted by Gasteiger charge is -2.23. The van der Waals surface area contributed by atoms with E-state index in [2.05, 4.69) is 52.8 Å². The number of nitrogens with one attached hydrogen (secondary N) is 1. The summed E-state index contributed by atoms with van der Waals surface area (Å²) in [4.78, 5) is 4.48. The molecule has 3 heteroatoms. The maximum Gasteiger partial charge on any atom is 0.189 e. The highest BCUT2D eigenvalue weighted by molar-refractivity contribution is 5.83. The summed E-state index contributed by atoms with van der Waals surface area (Å²) >= 11 is 0. The van der Waals surface area contributed by atoms with Crippen molar-refractivity contribution in [2.75, 3.05) is 0 Å². The molecule has 1 aliphatic carbocycles. The first-order chi connectivity index (χ1) is 10.3. The lowest BCUT2D eigenvalue weighted by molar-refractivity contribution is 0.412. The number of hydrogen-bond acceptors (Lipinski definition) is 1. The predicted molar refractivity (Wildman–Crippen MR) is 89.3 cm³/mol. The molecule has 3 N–H and O–H groups in total. The third-order valence-electron chi connectivity index (χ3n) is 4.20. The number of rotatable bonds is 3. The monoisotopic (exact) mass is 281 g/mol. The van der Waals surface area contributed by atoms with Gasteiger partial charge >= 0.3 is 0 Å². The molecule has 0 spiro atoms. The molecule has 0 aromatic heterocycles. The topological polar surface area (TPSA) is 50.4 Å². The Kier molecular flexibility index (Phi) is 4.39. The molecule has 0 unspecified atom stereocenters. The second kappa shape index (κ2) is 6.61. The molecule has 0 bridgehead atoms. The van der Waals surface area contributed by atoms with Crippen molar-refractivity contribution in [3.8, 4) is 0 Å². The third-order valence-corrected chi connectivity index (χ3v) is 4.20. The number of hydrogen-bond donors (Lipinski definition) is 2. The smallest absolute Gasteiger partial charge is 0.189 e. The average Bonchev–Trinajstić information content (AvgIpc) is 2.54. The normalized spacial score (nSPS) is 17.0.